The molecule has 9 heteroatoms. The maximum Gasteiger partial charge on any atom is 0.313 e. The molecule has 0 radical (unpaired) electrons. The first kappa shape index (κ1) is 17.9. The summed E-state index contributed by atoms with van der Waals surface area (Å²) in [6.07, 6.45) is 0.731. The van der Waals surface area contributed by atoms with Crippen molar-refractivity contribution in [3.05, 3.63) is 41.9 Å². The van der Waals surface area contributed by atoms with Gasteiger partial charge in [0.1, 0.15) is 6.61 Å². The fourth-order valence-corrected chi connectivity index (χ4v) is 1.29. The average Bonchev–Trinajstić information content (AvgIpc) is 2.51. The van der Waals surface area contributed by atoms with E-state index in [1.807, 2.05) is 0 Å². The third kappa shape index (κ3) is 4.42. The van der Waals surface area contributed by atoms with E-state index < -0.39 is 47.2 Å². The van der Waals surface area contributed by atoms with E-state index in [0.29, 0.717) is 0 Å². The third-order valence-electron chi connectivity index (χ3n) is 2.30. The van der Waals surface area contributed by atoms with Crippen molar-refractivity contribution in [2.24, 2.45) is 0 Å². The number of carbonyl (C=O) groups excluding carboxylic acids is 1. The smallest absolute Gasteiger partial charge is 0.313 e. The van der Waals surface area contributed by atoms with Crippen LogP contribution in [0.25, 0.3) is 0 Å². The fraction of sp³-hybridized carbons (Fsp3) is 0.308. The lowest BCUT2D eigenvalue weighted by Gasteiger charge is -2.09. The molecule has 0 fully saturated rings. The van der Waals surface area contributed by atoms with Crippen LogP contribution in [0.5, 0.6) is 5.75 Å². The highest BCUT2D eigenvalue weighted by atomic mass is 19.2. The van der Waals surface area contributed by atoms with Crippen LogP contribution in [0.15, 0.2) is 12.8 Å². The Labute approximate surface area is 122 Å². The highest BCUT2D eigenvalue weighted by molar-refractivity contribution is 5.72. The second-order valence-electron chi connectivity index (χ2n) is 3.77. The number of benzene rings is 1. The molecule has 22 heavy (non-hydrogen) atoms. The number of rotatable bonds is 8. The fourth-order valence-electron chi connectivity index (χ4n) is 1.29. The number of halogens is 5. The zero-order valence-corrected chi connectivity index (χ0v) is 11.1. The Hall–Kier alpha value is -2.16. The first-order valence-corrected chi connectivity index (χ1v) is 5.92. The van der Waals surface area contributed by atoms with Gasteiger partial charge in [-0.3, -0.25) is 4.79 Å². The van der Waals surface area contributed by atoms with Gasteiger partial charge in [0.2, 0.25) is 34.8 Å². The van der Waals surface area contributed by atoms with Crippen LogP contribution in [-0.4, -0.2) is 25.8 Å². The monoisotopic (exact) mass is 326 g/mol. The Balaban J connectivity index is 2.60. The molecule has 0 amide bonds. The van der Waals surface area contributed by atoms with Gasteiger partial charge in [-0.15, -0.1) is 0 Å². The molecule has 0 aliphatic rings. The summed E-state index contributed by atoms with van der Waals surface area (Å²) in [6.45, 7) is 3.38. The average molecular weight is 326 g/mol. The summed E-state index contributed by atoms with van der Waals surface area (Å²) >= 11 is 0. The predicted molar refractivity (Wildman–Crippen MR) is 63.5 cm³/mol. The van der Waals surface area contributed by atoms with E-state index in [0.717, 1.165) is 0 Å². The molecule has 1 aromatic rings. The van der Waals surface area contributed by atoms with Gasteiger partial charge in [-0.1, -0.05) is 6.58 Å². The largest absolute Gasteiger partial charge is 0.499 e. The third-order valence-corrected chi connectivity index (χ3v) is 2.30. The van der Waals surface area contributed by atoms with Crippen LogP contribution < -0.4 is 4.74 Å². The van der Waals surface area contributed by atoms with Crippen molar-refractivity contribution < 1.29 is 41.0 Å². The van der Waals surface area contributed by atoms with E-state index in [1.54, 1.807) is 0 Å². The standard InChI is InChI=1S/C13H11F5O4/c1-2-20-5-6-21-4-3-7(19)22-13-11(17)9(15)8(14)10(16)12(13)18/h2H,1,3-6H2. The summed E-state index contributed by atoms with van der Waals surface area (Å²) in [5.41, 5.74) is 0. The molecule has 0 aromatic heterocycles. The molecule has 122 valence electrons. The van der Waals surface area contributed by atoms with E-state index in [9.17, 15) is 26.7 Å². The number of hydrogen-bond donors (Lipinski definition) is 0. The normalized spacial score (nSPS) is 10.4. The van der Waals surface area contributed by atoms with Crippen LogP contribution in [0.1, 0.15) is 6.42 Å². The molecule has 1 aromatic carbocycles. The van der Waals surface area contributed by atoms with Gasteiger partial charge in [-0.05, 0) is 0 Å². The molecule has 0 saturated carbocycles. The molecule has 0 aliphatic heterocycles. The van der Waals surface area contributed by atoms with E-state index in [2.05, 4.69) is 11.3 Å². The SMILES string of the molecule is C=COCCOCCC(=O)Oc1c(F)c(F)c(F)c(F)c1F. The molecule has 0 saturated heterocycles. The molecule has 0 bridgehead atoms. The highest BCUT2D eigenvalue weighted by Crippen LogP contribution is 2.29. The second-order valence-corrected chi connectivity index (χ2v) is 3.77. The second kappa shape index (κ2) is 8.32. The van der Waals surface area contributed by atoms with Crippen LogP contribution >= 0.6 is 0 Å². The Kier molecular flexibility index (Phi) is 6.77. The van der Waals surface area contributed by atoms with Crippen LogP contribution in [0, 0.1) is 29.1 Å². The van der Waals surface area contributed by atoms with Crippen LogP contribution in [0.2, 0.25) is 0 Å². The number of carbonyl (C=O) groups is 1. The number of esters is 1. The summed E-state index contributed by atoms with van der Waals surface area (Å²) < 4.78 is 78.8. The van der Waals surface area contributed by atoms with Gasteiger partial charge in [0.25, 0.3) is 0 Å². The van der Waals surface area contributed by atoms with E-state index in [-0.39, 0.29) is 19.8 Å². The topological polar surface area (TPSA) is 44.8 Å². The molecule has 0 N–H and O–H groups in total. The van der Waals surface area contributed by atoms with Gasteiger partial charge in [-0.25, -0.2) is 13.2 Å². The van der Waals surface area contributed by atoms with Crippen LogP contribution in [0.4, 0.5) is 22.0 Å². The summed E-state index contributed by atoms with van der Waals surface area (Å²) in [7, 11) is 0. The lowest BCUT2D eigenvalue weighted by molar-refractivity contribution is -0.136. The van der Waals surface area contributed by atoms with Crippen molar-refractivity contribution >= 4 is 5.97 Å². The lowest BCUT2D eigenvalue weighted by atomic mass is 10.2. The summed E-state index contributed by atoms with van der Waals surface area (Å²) in [4.78, 5) is 11.3. The first-order chi connectivity index (χ1) is 10.4. The van der Waals surface area contributed by atoms with E-state index >= 15 is 0 Å². The van der Waals surface area contributed by atoms with Gasteiger partial charge in [-0.2, -0.15) is 8.78 Å². The van der Waals surface area contributed by atoms with Crippen LogP contribution in [-0.2, 0) is 14.3 Å². The highest BCUT2D eigenvalue weighted by Gasteiger charge is 2.28. The quantitative estimate of drug-likeness (QED) is 0.140. The van der Waals surface area contributed by atoms with Gasteiger partial charge in [0.15, 0.2) is 0 Å². The summed E-state index contributed by atoms with van der Waals surface area (Å²) in [5.74, 6) is -14.0. The van der Waals surface area contributed by atoms with Gasteiger partial charge < -0.3 is 14.2 Å². The number of hydrogen-bond acceptors (Lipinski definition) is 4. The maximum atomic E-state index is 13.2. The Bertz CT molecular complexity index is 533. The first-order valence-electron chi connectivity index (χ1n) is 5.92. The minimum absolute atomic E-state index is 0.113. The van der Waals surface area contributed by atoms with Gasteiger partial charge >= 0.3 is 5.97 Å². The van der Waals surface area contributed by atoms with Crippen molar-refractivity contribution in [1.82, 2.24) is 0 Å². The minimum atomic E-state index is -2.33. The van der Waals surface area contributed by atoms with Gasteiger partial charge in [0.05, 0.1) is 25.9 Å². The minimum Gasteiger partial charge on any atom is -0.499 e. The molecule has 1 rings (SSSR count). The van der Waals surface area contributed by atoms with Crippen molar-refractivity contribution in [2.75, 3.05) is 19.8 Å². The molecular weight excluding hydrogens is 315 g/mol. The molecule has 0 aliphatic carbocycles. The molecule has 0 heterocycles. The summed E-state index contributed by atoms with van der Waals surface area (Å²) in [6, 6.07) is 0. The van der Waals surface area contributed by atoms with Crippen LogP contribution in [0.3, 0.4) is 0 Å². The zero-order chi connectivity index (χ0) is 16.7. The zero-order valence-electron chi connectivity index (χ0n) is 11.1. The summed E-state index contributed by atoms with van der Waals surface area (Å²) in [5, 5.41) is 0. The van der Waals surface area contributed by atoms with E-state index in [1.165, 1.54) is 6.26 Å². The van der Waals surface area contributed by atoms with Crippen molar-refractivity contribution in [3.63, 3.8) is 0 Å². The van der Waals surface area contributed by atoms with Crippen molar-refractivity contribution in [3.8, 4) is 5.75 Å². The molecule has 0 spiro atoms. The van der Waals surface area contributed by atoms with Gasteiger partial charge in [0, 0.05) is 0 Å². The Morgan fingerprint density at radius 1 is 0.909 bits per heavy atom. The van der Waals surface area contributed by atoms with E-state index in [4.69, 9.17) is 9.47 Å². The molecule has 4 nitrogen and oxygen atoms in total. The van der Waals surface area contributed by atoms with Crippen molar-refractivity contribution in [1.29, 1.82) is 0 Å². The maximum absolute atomic E-state index is 13.2. The lowest BCUT2D eigenvalue weighted by Crippen LogP contribution is -2.16. The predicted octanol–water partition coefficient (Wildman–Crippen LogP) is 2.85. The van der Waals surface area contributed by atoms with Crippen molar-refractivity contribution in [2.45, 2.75) is 6.42 Å². The Morgan fingerprint density at radius 3 is 2.00 bits per heavy atom. The number of ether oxygens (including phenoxy) is 3. The Morgan fingerprint density at radius 2 is 1.45 bits per heavy atom. The molecular formula is C13H11F5O4. The molecule has 0 atom stereocenters. The molecule has 0 unspecified atom stereocenters.